The molecule has 0 aromatic carbocycles. The van der Waals surface area contributed by atoms with Crippen molar-refractivity contribution in [2.24, 2.45) is 0 Å². The number of aromatic nitrogens is 4. The van der Waals surface area contributed by atoms with Gasteiger partial charge in [0, 0.05) is 37.6 Å². The van der Waals surface area contributed by atoms with Crippen molar-refractivity contribution in [1.29, 1.82) is 0 Å². The Balaban J connectivity index is 1.58. The van der Waals surface area contributed by atoms with Gasteiger partial charge in [0.25, 0.3) is 0 Å². The molecule has 1 aliphatic heterocycles. The van der Waals surface area contributed by atoms with Crippen molar-refractivity contribution in [1.82, 2.24) is 24.6 Å². The highest BCUT2D eigenvalue weighted by Crippen LogP contribution is 2.26. The first kappa shape index (κ1) is 15.0. The summed E-state index contributed by atoms with van der Waals surface area (Å²) in [4.78, 5) is 11.4. The third-order valence-corrected chi connectivity index (χ3v) is 4.59. The Morgan fingerprint density at radius 1 is 1.04 bits per heavy atom. The number of hydrogen-bond donors (Lipinski definition) is 0. The third-order valence-electron chi connectivity index (χ3n) is 4.59. The average Bonchev–Trinajstić information content (AvgIpc) is 2.92. The van der Waals surface area contributed by atoms with Gasteiger partial charge in [-0.2, -0.15) is 5.10 Å². The van der Waals surface area contributed by atoms with Crippen molar-refractivity contribution in [3.8, 4) is 11.4 Å². The highest BCUT2D eigenvalue weighted by Gasteiger charge is 2.23. The second kappa shape index (κ2) is 6.17. The summed E-state index contributed by atoms with van der Waals surface area (Å²) < 4.78 is 2.14. The summed E-state index contributed by atoms with van der Waals surface area (Å²) >= 11 is 0. The quantitative estimate of drug-likeness (QED) is 0.744. The minimum Gasteiger partial charge on any atom is -0.290 e. The zero-order valence-electron chi connectivity index (χ0n) is 14.1. The fourth-order valence-electron chi connectivity index (χ4n) is 3.29. The molecule has 0 amide bonds. The molecule has 0 N–H and O–H groups in total. The Labute approximate surface area is 142 Å². The van der Waals surface area contributed by atoms with Crippen molar-refractivity contribution >= 4 is 0 Å². The zero-order chi connectivity index (χ0) is 16.5. The van der Waals surface area contributed by atoms with Gasteiger partial charge in [0.05, 0.1) is 23.6 Å². The van der Waals surface area contributed by atoms with Gasteiger partial charge in [0.15, 0.2) is 0 Å². The van der Waals surface area contributed by atoms with E-state index >= 15 is 0 Å². The number of hydrogen-bond acceptors (Lipinski definition) is 4. The highest BCUT2D eigenvalue weighted by atomic mass is 15.3. The number of rotatable bonds is 3. The van der Waals surface area contributed by atoms with E-state index in [-0.39, 0.29) is 0 Å². The van der Waals surface area contributed by atoms with Gasteiger partial charge in [-0.15, -0.1) is 0 Å². The van der Waals surface area contributed by atoms with Gasteiger partial charge >= 0.3 is 0 Å². The molecular formula is C19H21N5. The lowest BCUT2D eigenvalue weighted by molar-refractivity contribution is 0.202. The zero-order valence-corrected chi connectivity index (χ0v) is 14.1. The van der Waals surface area contributed by atoms with E-state index in [9.17, 15) is 0 Å². The molecule has 5 nitrogen and oxygen atoms in total. The molecule has 0 aliphatic carbocycles. The highest BCUT2D eigenvalue weighted by molar-refractivity contribution is 5.59. The Morgan fingerprint density at radius 3 is 2.75 bits per heavy atom. The lowest BCUT2D eigenvalue weighted by atomic mass is 10.1. The van der Waals surface area contributed by atoms with Crippen LogP contribution in [0.3, 0.4) is 0 Å². The molecule has 0 saturated carbocycles. The standard InChI is InChI=1S/C19H21N5/c1-14-6-8-20-16(11-14)12-23-9-10-24-18(13-23)15(2)19(22-24)17-5-3-4-7-21-17/h3-8,11H,9-10,12-13H2,1-2H3. The molecular weight excluding hydrogens is 298 g/mol. The first-order valence-corrected chi connectivity index (χ1v) is 8.32. The molecule has 0 bridgehead atoms. The molecule has 0 saturated heterocycles. The van der Waals surface area contributed by atoms with E-state index in [4.69, 9.17) is 5.10 Å². The maximum Gasteiger partial charge on any atom is 0.114 e. The molecule has 3 aromatic rings. The van der Waals surface area contributed by atoms with E-state index < -0.39 is 0 Å². The second-order valence-corrected chi connectivity index (χ2v) is 6.39. The molecule has 4 heterocycles. The van der Waals surface area contributed by atoms with Crippen LogP contribution in [-0.2, 0) is 19.6 Å². The van der Waals surface area contributed by atoms with Crippen molar-refractivity contribution < 1.29 is 0 Å². The summed E-state index contributed by atoms with van der Waals surface area (Å²) in [6.45, 7) is 7.95. The summed E-state index contributed by atoms with van der Waals surface area (Å²) in [6, 6.07) is 10.2. The van der Waals surface area contributed by atoms with Gasteiger partial charge in [0.2, 0.25) is 0 Å². The minimum absolute atomic E-state index is 0.880. The van der Waals surface area contributed by atoms with Gasteiger partial charge in [-0.1, -0.05) is 6.07 Å². The van der Waals surface area contributed by atoms with E-state index in [1.807, 2.05) is 36.7 Å². The van der Waals surface area contributed by atoms with Crippen LogP contribution in [0.1, 0.15) is 22.5 Å². The molecule has 0 spiro atoms. The minimum atomic E-state index is 0.880. The van der Waals surface area contributed by atoms with E-state index in [1.54, 1.807) is 0 Å². The predicted molar refractivity (Wildman–Crippen MR) is 93.3 cm³/mol. The number of pyridine rings is 2. The SMILES string of the molecule is Cc1ccnc(CN2CCn3nc(-c4ccccn4)c(C)c3C2)c1. The van der Waals surface area contributed by atoms with Crippen LogP contribution in [0.2, 0.25) is 0 Å². The topological polar surface area (TPSA) is 46.8 Å². The molecule has 3 aromatic heterocycles. The van der Waals surface area contributed by atoms with E-state index in [2.05, 4.69) is 39.5 Å². The van der Waals surface area contributed by atoms with Crippen LogP contribution in [0.5, 0.6) is 0 Å². The molecule has 0 unspecified atom stereocenters. The maximum absolute atomic E-state index is 4.79. The van der Waals surface area contributed by atoms with Gasteiger partial charge < -0.3 is 0 Å². The molecule has 4 rings (SSSR count). The lowest BCUT2D eigenvalue weighted by Gasteiger charge is -2.27. The Kier molecular flexibility index (Phi) is 3.86. The number of fused-ring (bicyclic) bond motifs is 1. The van der Waals surface area contributed by atoms with Crippen LogP contribution in [-0.4, -0.2) is 31.2 Å². The summed E-state index contributed by atoms with van der Waals surface area (Å²) in [6.07, 6.45) is 3.71. The van der Waals surface area contributed by atoms with Crippen LogP contribution in [0, 0.1) is 13.8 Å². The van der Waals surface area contributed by atoms with Crippen molar-refractivity contribution in [3.63, 3.8) is 0 Å². The first-order chi connectivity index (χ1) is 11.7. The Morgan fingerprint density at radius 2 is 1.96 bits per heavy atom. The van der Waals surface area contributed by atoms with Crippen LogP contribution < -0.4 is 0 Å². The predicted octanol–water partition coefficient (Wildman–Crippen LogP) is 2.97. The Bertz CT molecular complexity index is 853. The van der Waals surface area contributed by atoms with Gasteiger partial charge in [-0.3, -0.25) is 19.5 Å². The van der Waals surface area contributed by atoms with Crippen LogP contribution >= 0.6 is 0 Å². The summed E-state index contributed by atoms with van der Waals surface area (Å²) in [7, 11) is 0. The average molecular weight is 319 g/mol. The summed E-state index contributed by atoms with van der Waals surface area (Å²) in [5.41, 5.74) is 6.86. The van der Waals surface area contributed by atoms with E-state index in [1.165, 1.54) is 16.8 Å². The molecule has 0 fully saturated rings. The third kappa shape index (κ3) is 2.83. The van der Waals surface area contributed by atoms with Gasteiger partial charge in [-0.25, -0.2) is 0 Å². The fourth-order valence-corrected chi connectivity index (χ4v) is 3.29. The molecule has 0 radical (unpaired) electrons. The van der Waals surface area contributed by atoms with Crippen molar-refractivity contribution in [3.05, 3.63) is 65.2 Å². The van der Waals surface area contributed by atoms with E-state index in [0.717, 1.165) is 43.3 Å². The fraction of sp³-hybridized carbons (Fsp3) is 0.316. The molecule has 122 valence electrons. The van der Waals surface area contributed by atoms with Gasteiger partial charge in [-0.05, 0) is 43.7 Å². The number of nitrogens with zero attached hydrogens (tertiary/aromatic N) is 5. The lowest BCUT2D eigenvalue weighted by Crippen LogP contribution is -2.34. The maximum atomic E-state index is 4.79. The van der Waals surface area contributed by atoms with E-state index in [0.29, 0.717) is 0 Å². The largest absolute Gasteiger partial charge is 0.290 e. The molecule has 24 heavy (non-hydrogen) atoms. The van der Waals surface area contributed by atoms with Gasteiger partial charge in [0.1, 0.15) is 5.69 Å². The second-order valence-electron chi connectivity index (χ2n) is 6.39. The normalized spacial score (nSPS) is 14.6. The monoisotopic (exact) mass is 319 g/mol. The van der Waals surface area contributed by atoms with Crippen LogP contribution in [0.15, 0.2) is 42.7 Å². The smallest absolute Gasteiger partial charge is 0.114 e. The molecule has 1 aliphatic rings. The molecule has 5 heteroatoms. The number of aryl methyl sites for hydroxylation is 1. The van der Waals surface area contributed by atoms with Crippen molar-refractivity contribution in [2.45, 2.75) is 33.5 Å². The van der Waals surface area contributed by atoms with Crippen molar-refractivity contribution in [2.75, 3.05) is 6.54 Å². The summed E-state index contributed by atoms with van der Waals surface area (Å²) in [5.74, 6) is 0. The summed E-state index contributed by atoms with van der Waals surface area (Å²) in [5, 5.41) is 4.79. The first-order valence-electron chi connectivity index (χ1n) is 8.32. The molecule has 0 atom stereocenters. The van der Waals surface area contributed by atoms with Crippen LogP contribution in [0.25, 0.3) is 11.4 Å². The van der Waals surface area contributed by atoms with Crippen LogP contribution in [0.4, 0.5) is 0 Å². The Hall–Kier alpha value is -2.53.